The van der Waals surface area contributed by atoms with Gasteiger partial charge in [0, 0.05) is 36.9 Å². The standard InChI is InChI=1S/C18H18ClF2N3OS/c19-13-4-3-5-14(12-13)23-8-10-24(11-9-23)18(26)22-15-6-1-2-7-16(15)25-17(20)21/h1-7,12,17H,8-11H2,(H,22,26). The van der Waals surface area contributed by atoms with Gasteiger partial charge in [0.2, 0.25) is 0 Å². The summed E-state index contributed by atoms with van der Waals surface area (Å²) in [5.74, 6) is 0.0717. The molecule has 4 nitrogen and oxygen atoms in total. The van der Waals surface area contributed by atoms with E-state index in [0.717, 1.165) is 31.9 Å². The highest BCUT2D eigenvalue weighted by Gasteiger charge is 2.20. The van der Waals surface area contributed by atoms with E-state index in [-0.39, 0.29) is 5.75 Å². The number of piperazine rings is 1. The van der Waals surface area contributed by atoms with Crippen molar-refractivity contribution in [3.05, 3.63) is 53.6 Å². The van der Waals surface area contributed by atoms with Crippen molar-refractivity contribution in [3.63, 3.8) is 0 Å². The normalized spacial score (nSPS) is 14.5. The second-order valence-corrected chi connectivity index (χ2v) is 6.58. The molecule has 0 unspecified atom stereocenters. The third-order valence-electron chi connectivity index (χ3n) is 4.08. The highest BCUT2D eigenvalue weighted by atomic mass is 35.5. The van der Waals surface area contributed by atoms with E-state index in [4.69, 9.17) is 23.8 Å². The minimum absolute atomic E-state index is 0.0717. The summed E-state index contributed by atoms with van der Waals surface area (Å²) in [5.41, 5.74) is 1.50. The monoisotopic (exact) mass is 397 g/mol. The molecular weight excluding hydrogens is 380 g/mol. The van der Waals surface area contributed by atoms with E-state index in [0.29, 0.717) is 15.8 Å². The third kappa shape index (κ3) is 4.74. The maximum absolute atomic E-state index is 12.5. The molecule has 138 valence electrons. The van der Waals surface area contributed by atoms with Crippen LogP contribution in [0.2, 0.25) is 5.02 Å². The molecule has 1 heterocycles. The molecule has 8 heteroatoms. The van der Waals surface area contributed by atoms with E-state index in [1.807, 2.05) is 29.2 Å². The molecule has 1 aliphatic rings. The van der Waals surface area contributed by atoms with Crippen molar-refractivity contribution in [1.29, 1.82) is 0 Å². The number of para-hydroxylation sites is 2. The van der Waals surface area contributed by atoms with Crippen molar-refractivity contribution in [2.45, 2.75) is 6.61 Å². The fourth-order valence-electron chi connectivity index (χ4n) is 2.80. The zero-order valence-corrected chi connectivity index (χ0v) is 15.4. The maximum atomic E-state index is 12.5. The average molecular weight is 398 g/mol. The second kappa shape index (κ2) is 8.51. The van der Waals surface area contributed by atoms with E-state index in [2.05, 4.69) is 15.0 Å². The number of anilines is 2. The largest absolute Gasteiger partial charge is 0.433 e. The lowest BCUT2D eigenvalue weighted by molar-refractivity contribution is -0.0493. The summed E-state index contributed by atoms with van der Waals surface area (Å²) in [6.45, 7) is 0.133. The average Bonchev–Trinajstić information content (AvgIpc) is 2.63. The summed E-state index contributed by atoms with van der Waals surface area (Å²) < 4.78 is 29.6. The van der Waals surface area contributed by atoms with Gasteiger partial charge in [-0.2, -0.15) is 8.78 Å². The molecule has 0 spiro atoms. The van der Waals surface area contributed by atoms with Crippen molar-refractivity contribution >= 4 is 40.3 Å². The Balaban J connectivity index is 1.59. The molecule has 1 aliphatic heterocycles. The van der Waals surface area contributed by atoms with Crippen LogP contribution in [-0.4, -0.2) is 42.8 Å². The first-order chi connectivity index (χ1) is 12.5. The van der Waals surface area contributed by atoms with Crippen molar-refractivity contribution in [1.82, 2.24) is 4.90 Å². The Morgan fingerprint density at radius 2 is 1.81 bits per heavy atom. The molecule has 1 fully saturated rings. The van der Waals surface area contributed by atoms with Crippen LogP contribution >= 0.6 is 23.8 Å². The van der Waals surface area contributed by atoms with Crippen LogP contribution in [0.4, 0.5) is 20.2 Å². The third-order valence-corrected chi connectivity index (χ3v) is 4.68. The molecule has 0 saturated carbocycles. The van der Waals surface area contributed by atoms with Crippen molar-refractivity contribution in [2.75, 3.05) is 36.4 Å². The van der Waals surface area contributed by atoms with Crippen LogP contribution in [0.1, 0.15) is 0 Å². The van der Waals surface area contributed by atoms with Gasteiger partial charge in [-0.1, -0.05) is 29.8 Å². The minimum atomic E-state index is -2.88. The highest BCUT2D eigenvalue weighted by molar-refractivity contribution is 7.80. The minimum Gasteiger partial charge on any atom is -0.433 e. The first kappa shape index (κ1) is 18.7. The Bertz CT molecular complexity index is 770. The van der Waals surface area contributed by atoms with Crippen LogP contribution in [0.15, 0.2) is 48.5 Å². The number of thiocarbonyl (C=S) groups is 1. The highest BCUT2D eigenvalue weighted by Crippen LogP contribution is 2.26. The summed E-state index contributed by atoms with van der Waals surface area (Å²) in [7, 11) is 0. The van der Waals surface area contributed by atoms with Gasteiger partial charge in [0.15, 0.2) is 5.11 Å². The van der Waals surface area contributed by atoms with Gasteiger partial charge < -0.3 is 19.9 Å². The Labute approximate surface area is 161 Å². The fraction of sp³-hybridized carbons (Fsp3) is 0.278. The van der Waals surface area contributed by atoms with Crippen LogP contribution in [0.5, 0.6) is 5.75 Å². The molecule has 0 aliphatic carbocycles. The number of hydrogen-bond acceptors (Lipinski definition) is 3. The molecule has 2 aromatic rings. The lowest BCUT2D eigenvalue weighted by Crippen LogP contribution is -2.50. The number of benzene rings is 2. The fourth-order valence-corrected chi connectivity index (χ4v) is 3.28. The van der Waals surface area contributed by atoms with Crippen LogP contribution in [0.25, 0.3) is 0 Å². The Kier molecular flexibility index (Phi) is 6.11. The molecule has 0 radical (unpaired) electrons. The van der Waals surface area contributed by atoms with Crippen molar-refractivity contribution < 1.29 is 13.5 Å². The Morgan fingerprint density at radius 3 is 2.50 bits per heavy atom. The molecular formula is C18H18ClF2N3OS. The van der Waals surface area contributed by atoms with Gasteiger partial charge in [-0.15, -0.1) is 0 Å². The smallest absolute Gasteiger partial charge is 0.387 e. The van der Waals surface area contributed by atoms with E-state index < -0.39 is 6.61 Å². The number of alkyl halides is 2. The number of ether oxygens (including phenoxy) is 1. The topological polar surface area (TPSA) is 27.7 Å². The molecule has 2 aromatic carbocycles. The van der Waals surface area contributed by atoms with Crippen LogP contribution < -0.4 is 15.0 Å². The lowest BCUT2D eigenvalue weighted by Gasteiger charge is -2.37. The summed E-state index contributed by atoms with van der Waals surface area (Å²) >= 11 is 11.5. The van der Waals surface area contributed by atoms with E-state index in [1.54, 1.807) is 18.2 Å². The SMILES string of the molecule is FC(F)Oc1ccccc1NC(=S)N1CCN(c2cccc(Cl)c2)CC1. The molecule has 3 rings (SSSR count). The molecule has 0 aromatic heterocycles. The number of rotatable bonds is 4. The van der Waals surface area contributed by atoms with E-state index >= 15 is 0 Å². The molecule has 0 atom stereocenters. The van der Waals surface area contributed by atoms with Gasteiger partial charge in [0.05, 0.1) is 5.69 Å². The number of nitrogens with zero attached hydrogens (tertiary/aromatic N) is 2. The van der Waals surface area contributed by atoms with E-state index in [1.165, 1.54) is 6.07 Å². The molecule has 0 bridgehead atoms. The summed E-state index contributed by atoms with van der Waals surface area (Å²) in [4.78, 5) is 4.24. The quantitative estimate of drug-likeness (QED) is 0.769. The number of halogens is 3. The zero-order valence-electron chi connectivity index (χ0n) is 13.9. The lowest BCUT2D eigenvalue weighted by atomic mass is 10.2. The molecule has 1 saturated heterocycles. The van der Waals surface area contributed by atoms with Crippen molar-refractivity contribution in [3.8, 4) is 5.75 Å². The van der Waals surface area contributed by atoms with Crippen LogP contribution in [0, 0.1) is 0 Å². The van der Waals surface area contributed by atoms with Gasteiger partial charge in [-0.25, -0.2) is 0 Å². The summed E-state index contributed by atoms with van der Waals surface area (Å²) in [6.07, 6.45) is 0. The van der Waals surface area contributed by atoms with Gasteiger partial charge >= 0.3 is 6.61 Å². The molecule has 0 amide bonds. The number of hydrogen-bond donors (Lipinski definition) is 1. The van der Waals surface area contributed by atoms with Gasteiger partial charge in [-0.05, 0) is 42.5 Å². The second-order valence-electron chi connectivity index (χ2n) is 5.76. The zero-order chi connectivity index (χ0) is 18.5. The summed E-state index contributed by atoms with van der Waals surface area (Å²) in [6, 6.07) is 14.2. The Hall–Kier alpha value is -2.12. The first-order valence-corrected chi connectivity index (χ1v) is 8.92. The predicted molar refractivity (Wildman–Crippen MR) is 105 cm³/mol. The van der Waals surface area contributed by atoms with Gasteiger partial charge in [0.25, 0.3) is 0 Å². The predicted octanol–water partition coefficient (Wildman–Crippen LogP) is 4.46. The summed E-state index contributed by atoms with van der Waals surface area (Å²) in [5, 5.41) is 4.20. The van der Waals surface area contributed by atoms with Gasteiger partial charge in [0.1, 0.15) is 5.75 Å². The first-order valence-electron chi connectivity index (χ1n) is 8.13. The molecule has 1 N–H and O–H groups in total. The van der Waals surface area contributed by atoms with E-state index in [9.17, 15) is 8.78 Å². The van der Waals surface area contributed by atoms with Crippen LogP contribution in [0.3, 0.4) is 0 Å². The van der Waals surface area contributed by atoms with Gasteiger partial charge in [-0.3, -0.25) is 0 Å². The molecule has 26 heavy (non-hydrogen) atoms. The Morgan fingerprint density at radius 1 is 1.08 bits per heavy atom. The van der Waals surface area contributed by atoms with Crippen LogP contribution in [-0.2, 0) is 0 Å². The maximum Gasteiger partial charge on any atom is 0.387 e. The number of nitrogens with one attached hydrogen (secondary N) is 1. The van der Waals surface area contributed by atoms with Crippen molar-refractivity contribution in [2.24, 2.45) is 0 Å².